The van der Waals surface area contributed by atoms with E-state index in [0.717, 1.165) is 0 Å². The summed E-state index contributed by atoms with van der Waals surface area (Å²) in [6.45, 7) is 6.16. The van der Waals surface area contributed by atoms with Crippen LogP contribution in [0, 0.1) is 11.8 Å². The monoisotopic (exact) mass is 430 g/mol. The predicted octanol–water partition coefficient (Wildman–Crippen LogP) is 1.39. The number of carbonyl (C=O) groups excluding carboxylic acids is 3. The average Bonchev–Trinajstić information content (AvgIpc) is 3.00. The van der Waals surface area contributed by atoms with E-state index in [4.69, 9.17) is 32.7 Å². The Balaban J connectivity index is 2.09. The molecule has 0 aromatic heterocycles. The first kappa shape index (κ1) is 21.0. The molecule has 1 aliphatic heterocycles. The van der Waals surface area contributed by atoms with Gasteiger partial charge in [-0.15, -0.1) is 11.6 Å². The SMILES string of the molecule is C=C1C(=O)OC2C3C(C)=C(Cl)C(=O)C3=C(CO)CC(OC(=O)C(C)(O)CCl)C12. The van der Waals surface area contributed by atoms with E-state index in [1.54, 1.807) is 6.92 Å². The minimum Gasteiger partial charge on any atom is -0.459 e. The second kappa shape index (κ2) is 7.30. The van der Waals surface area contributed by atoms with Gasteiger partial charge in [0.15, 0.2) is 5.60 Å². The highest BCUT2D eigenvalue weighted by Gasteiger charge is 2.56. The number of hydrogen-bond donors (Lipinski definition) is 2. The van der Waals surface area contributed by atoms with Gasteiger partial charge >= 0.3 is 11.9 Å². The fraction of sp³-hybridized carbons (Fsp3) is 0.526. The predicted molar refractivity (Wildman–Crippen MR) is 99.5 cm³/mol. The third kappa shape index (κ3) is 3.10. The topological polar surface area (TPSA) is 110 Å². The second-order valence-corrected chi connectivity index (χ2v) is 8.10. The molecule has 1 fully saturated rings. The molecule has 0 aromatic carbocycles. The van der Waals surface area contributed by atoms with Crippen molar-refractivity contribution in [3.63, 3.8) is 0 Å². The van der Waals surface area contributed by atoms with E-state index in [9.17, 15) is 24.6 Å². The Morgan fingerprint density at radius 1 is 1.43 bits per heavy atom. The number of fused-ring (bicyclic) bond motifs is 3. The summed E-state index contributed by atoms with van der Waals surface area (Å²) in [7, 11) is 0. The molecule has 3 rings (SSSR count). The van der Waals surface area contributed by atoms with Crippen LogP contribution < -0.4 is 0 Å². The summed E-state index contributed by atoms with van der Waals surface area (Å²) in [5.74, 6) is -3.90. The first-order valence-electron chi connectivity index (χ1n) is 8.68. The second-order valence-electron chi connectivity index (χ2n) is 7.46. The first-order chi connectivity index (χ1) is 13.0. The van der Waals surface area contributed by atoms with Gasteiger partial charge in [-0.3, -0.25) is 4.79 Å². The molecule has 152 valence electrons. The van der Waals surface area contributed by atoms with Gasteiger partial charge in [0.1, 0.15) is 12.2 Å². The van der Waals surface area contributed by atoms with Gasteiger partial charge in [-0.05, 0) is 25.0 Å². The number of rotatable bonds is 4. The molecule has 3 aliphatic rings. The zero-order valence-corrected chi connectivity index (χ0v) is 16.8. The van der Waals surface area contributed by atoms with Crippen molar-refractivity contribution in [3.05, 3.63) is 33.9 Å². The van der Waals surface area contributed by atoms with Crippen molar-refractivity contribution in [1.82, 2.24) is 0 Å². The van der Waals surface area contributed by atoms with Crippen molar-refractivity contribution in [2.75, 3.05) is 12.5 Å². The summed E-state index contributed by atoms with van der Waals surface area (Å²) >= 11 is 11.8. The molecule has 9 heteroatoms. The van der Waals surface area contributed by atoms with E-state index in [-0.39, 0.29) is 22.6 Å². The molecule has 28 heavy (non-hydrogen) atoms. The molecule has 5 unspecified atom stereocenters. The van der Waals surface area contributed by atoms with E-state index in [1.165, 1.54) is 6.92 Å². The Morgan fingerprint density at radius 3 is 2.64 bits per heavy atom. The maximum absolute atomic E-state index is 12.7. The van der Waals surface area contributed by atoms with Gasteiger partial charge in [-0.25, -0.2) is 9.59 Å². The number of aliphatic hydroxyl groups excluding tert-OH is 1. The average molecular weight is 431 g/mol. The van der Waals surface area contributed by atoms with Crippen molar-refractivity contribution in [2.45, 2.75) is 38.1 Å². The Hall–Kier alpha value is -1.67. The summed E-state index contributed by atoms with van der Waals surface area (Å²) in [5, 5.41) is 20.0. The first-order valence-corrected chi connectivity index (χ1v) is 9.59. The molecule has 0 aromatic rings. The normalized spacial score (nSPS) is 32.0. The lowest BCUT2D eigenvalue weighted by Crippen LogP contribution is -2.44. The Morgan fingerprint density at radius 2 is 2.07 bits per heavy atom. The zero-order valence-electron chi connectivity index (χ0n) is 15.3. The van der Waals surface area contributed by atoms with Gasteiger partial charge in [-0.2, -0.15) is 0 Å². The number of hydrogen-bond acceptors (Lipinski definition) is 7. The molecular formula is C19H20Cl2O7. The van der Waals surface area contributed by atoms with E-state index in [0.29, 0.717) is 11.1 Å². The largest absolute Gasteiger partial charge is 0.459 e. The van der Waals surface area contributed by atoms with E-state index in [2.05, 4.69) is 6.58 Å². The van der Waals surface area contributed by atoms with Crippen molar-refractivity contribution in [3.8, 4) is 0 Å². The standard InChI is InChI=1S/C19H20Cl2O7/c1-7-12-13(15(23)14(7)21)9(5-22)4-10(27-18(25)19(3,26)6-20)11-8(2)17(24)28-16(11)12/h10-12,16,22,26H,2,4-6H2,1,3H3. The van der Waals surface area contributed by atoms with E-state index < -0.39 is 59.9 Å². The molecule has 5 atom stereocenters. The molecule has 2 aliphatic carbocycles. The van der Waals surface area contributed by atoms with Crippen molar-refractivity contribution in [1.29, 1.82) is 0 Å². The van der Waals surface area contributed by atoms with Crippen LogP contribution in [0.25, 0.3) is 0 Å². The zero-order chi connectivity index (χ0) is 21.0. The molecule has 1 saturated heterocycles. The highest BCUT2D eigenvalue weighted by Crippen LogP contribution is 2.50. The van der Waals surface area contributed by atoms with Crippen molar-refractivity contribution >= 4 is 40.9 Å². The van der Waals surface area contributed by atoms with E-state index in [1.807, 2.05) is 0 Å². The number of halogens is 2. The lowest BCUT2D eigenvalue weighted by Gasteiger charge is -2.30. The number of ether oxygens (including phenoxy) is 2. The highest BCUT2D eigenvalue weighted by molar-refractivity contribution is 6.47. The third-order valence-electron chi connectivity index (χ3n) is 5.54. The molecule has 1 heterocycles. The quantitative estimate of drug-likeness (QED) is 0.393. The van der Waals surface area contributed by atoms with Crippen LogP contribution in [0.3, 0.4) is 0 Å². The maximum Gasteiger partial charge on any atom is 0.339 e. The van der Waals surface area contributed by atoms with Gasteiger partial charge in [0.25, 0.3) is 0 Å². The number of allylic oxidation sites excluding steroid dienone is 1. The minimum absolute atomic E-state index is 0.0266. The fourth-order valence-corrected chi connectivity index (χ4v) is 4.29. The van der Waals surface area contributed by atoms with Crippen LogP contribution in [0.1, 0.15) is 20.3 Å². The fourth-order valence-electron chi connectivity index (χ4n) is 3.96. The Kier molecular flexibility index (Phi) is 5.49. The van der Waals surface area contributed by atoms with Gasteiger partial charge in [0, 0.05) is 23.5 Å². The minimum atomic E-state index is -1.94. The summed E-state index contributed by atoms with van der Waals surface area (Å²) in [4.78, 5) is 37.3. The maximum atomic E-state index is 12.7. The molecule has 0 saturated carbocycles. The molecule has 0 spiro atoms. The van der Waals surface area contributed by atoms with Crippen LogP contribution in [0.15, 0.2) is 33.9 Å². The van der Waals surface area contributed by atoms with Crippen LogP contribution in [0.4, 0.5) is 0 Å². The third-order valence-corrected chi connectivity index (χ3v) is 6.53. The number of ketones is 1. The van der Waals surface area contributed by atoms with Crippen LogP contribution in [-0.4, -0.2) is 58.2 Å². The van der Waals surface area contributed by atoms with Crippen LogP contribution in [-0.2, 0) is 23.9 Å². The van der Waals surface area contributed by atoms with Gasteiger partial charge in [0.05, 0.1) is 23.4 Å². The summed E-state index contributed by atoms with van der Waals surface area (Å²) < 4.78 is 11.0. The molecule has 0 bridgehead atoms. The molecule has 0 radical (unpaired) electrons. The lowest BCUT2D eigenvalue weighted by atomic mass is 9.82. The lowest BCUT2D eigenvalue weighted by molar-refractivity contribution is -0.170. The summed E-state index contributed by atoms with van der Waals surface area (Å²) in [5.41, 5.74) is -0.734. The number of Topliss-reactive ketones (excluding diaryl/α,β-unsaturated/α-hetero) is 1. The molecule has 0 amide bonds. The smallest absolute Gasteiger partial charge is 0.339 e. The summed E-state index contributed by atoms with van der Waals surface area (Å²) in [6, 6.07) is 0. The van der Waals surface area contributed by atoms with Crippen molar-refractivity contribution in [2.24, 2.45) is 11.8 Å². The number of carbonyl (C=O) groups is 3. The molecular weight excluding hydrogens is 411 g/mol. The van der Waals surface area contributed by atoms with Gasteiger partial charge < -0.3 is 19.7 Å². The Bertz CT molecular complexity index is 839. The molecule has 2 N–H and O–H groups in total. The number of alkyl halides is 1. The number of esters is 2. The van der Waals surface area contributed by atoms with Gasteiger partial charge in [-0.1, -0.05) is 18.2 Å². The van der Waals surface area contributed by atoms with Crippen LogP contribution in [0.5, 0.6) is 0 Å². The number of aliphatic hydroxyl groups is 2. The van der Waals surface area contributed by atoms with E-state index >= 15 is 0 Å². The van der Waals surface area contributed by atoms with Crippen LogP contribution >= 0.6 is 23.2 Å². The molecule has 7 nitrogen and oxygen atoms in total. The van der Waals surface area contributed by atoms with Crippen molar-refractivity contribution < 1.29 is 34.1 Å². The van der Waals surface area contributed by atoms with Crippen LogP contribution in [0.2, 0.25) is 0 Å². The summed E-state index contributed by atoms with van der Waals surface area (Å²) in [6.07, 6.45) is -1.88. The Labute approximate surface area is 171 Å². The highest BCUT2D eigenvalue weighted by atomic mass is 35.5. The van der Waals surface area contributed by atoms with Gasteiger partial charge in [0.2, 0.25) is 5.78 Å².